The van der Waals surface area contributed by atoms with Crippen LogP contribution in [0.1, 0.15) is 29.5 Å². The van der Waals surface area contributed by atoms with E-state index in [9.17, 15) is 13.2 Å². The van der Waals surface area contributed by atoms with Crippen LogP contribution >= 0.6 is 0 Å². The van der Waals surface area contributed by atoms with E-state index >= 15 is 0 Å². The maximum Gasteiger partial charge on any atom is 0.573 e. The lowest BCUT2D eigenvalue weighted by atomic mass is 10.0. The van der Waals surface area contributed by atoms with E-state index in [1.807, 2.05) is 26.2 Å². The van der Waals surface area contributed by atoms with Gasteiger partial charge in [-0.1, -0.05) is 12.1 Å². The Morgan fingerprint density at radius 2 is 1.82 bits per heavy atom. The Bertz CT molecular complexity index is 1140. The van der Waals surface area contributed by atoms with Crippen LogP contribution in [0.4, 0.5) is 19.0 Å². The molecule has 1 aliphatic heterocycles. The van der Waals surface area contributed by atoms with Gasteiger partial charge < -0.3 is 9.64 Å². The smallest absolute Gasteiger partial charge is 0.406 e. The molecule has 0 saturated carbocycles. The van der Waals surface area contributed by atoms with E-state index in [4.69, 9.17) is 0 Å². The molecular weight excluding hydrogens is 445 g/mol. The number of hydrogen-bond acceptors (Lipinski definition) is 6. The molecule has 0 N–H and O–H groups in total. The first-order valence-corrected chi connectivity index (χ1v) is 11.2. The summed E-state index contributed by atoms with van der Waals surface area (Å²) < 4.78 is 43.4. The van der Waals surface area contributed by atoms with Crippen molar-refractivity contribution in [2.24, 2.45) is 7.05 Å². The molecule has 4 rings (SSSR count). The fourth-order valence-corrected chi connectivity index (χ4v) is 4.52. The highest BCUT2D eigenvalue weighted by Gasteiger charge is 2.31. The quantitative estimate of drug-likeness (QED) is 0.525. The zero-order valence-corrected chi connectivity index (χ0v) is 19.8. The number of piperidine rings is 1. The first-order valence-electron chi connectivity index (χ1n) is 11.2. The number of rotatable bonds is 6. The summed E-state index contributed by atoms with van der Waals surface area (Å²) in [7, 11) is 3.90. The molecule has 7 nitrogen and oxygen atoms in total. The predicted molar refractivity (Wildman–Crippen MR) is 124 cm³/mol. The number of ether oxygens (including phenoxy) is 1. The molecule has 3 heterocycles. The van der Waals surface area contributed by atoms with Crippen LogP contribution in [0, 0.1) is 13.8 Å². The molecule has 0 radical (unpaired) electrons. The summed E-state index contributed by atoms with van der Waals surface area (Å²) in [5.41, 5.74) is 4.76. The molecule has 0 unspecified atom stereocenters. The largest absolute Gasteiger partial charge is 0.573 e. The van der Waals surface area contributed by atoms with Gasteiger partial charge in [0.05, 0.1) is 5.69 Å². The summed E-state index contributed by atoms with van der Waals surface area (Å²) in [4.78, 5) is 4.46. The standard InChI is InChI=1S/C24H29F3N6O/c1-16-17(2)23(30-29-22(16)21-8-11-28-32(21)4)33-12-9-19(10-13-33)31(3)15-18-6-5-7-20(14-18)34-24(25,26)27/h5-8,11,14,19H,9-10,12-13,15H2,1-4H3. The van der Waals surface area contributed by atoms with Crippen molar-refractivity contribution < 1.29 is 17.9 Å². The average molecular weight is 475 g/mol. The molecule has 1 fully saturated rings. The van der Waals surface area contributed by atoms with Crippen molar-refractivity contribution in [2.45, 2.75) is 45.6 Å². The van der Waals surface area contributed by atoms with Gasteiger partial charge in [0.25, 0.3) is 0 Å². The van der Waals surface area contributed by atoms with E-state index in [1.165, 1.54) is 12.1 Å². The molecule has 10 heteroatoms. The predicted octanol–water partition coefficient (Wildman–Crippen LogP) is 4.49. The van der Waals surface area contributed by atoms with Gasteiger partial charge in [0.2, 0.25) is 0 Å². The van der Waals surface area contributed by atoms with Crippen LogP contribution in [0.5, 0.6) is 5.75 Å². The molecule has 0 aliphatic carbocycles. The Morgan fingerprint density at radius 3 is 2.47 bits per heavy atom. The third kappa shape index (κ3) is 5.32. The molecule has 3 aromatic rings. The van der Waals surface area contributed by atoms with E-state index in [2.05, 4.69) is 43.7 Å². The number of halogens is 3. The highest BCUT2D eigenvalue weighted by Crippen LogP contribution is 2.30. The van der Waals surface area contributed by atoms with Gasteiger partial charge in [-0.05, 0) is 68.6 Å². The van der Waals surface area contributed by atoms with Crippen molar-refractivity contribution in [3.05, 3.63) is 53.2 Å². The molecular formula is C24H29F3N6O. The lowest BCUT2D eigenvalue weighted by molar-refractivity contribution is -0.274. The van der Waals surface area contributed by atoms with Gasteiger partial charge >= 0.3 is 6.36 Å². The molecule has 1 saturated heterocycles. The molecule has 0 atom stereocenters. The lowest BCUT2D eigenvalue weighted by Crippen LogP contribution is -2.43. The Balaban J connectivity index is 1.38. The minimum Gasteiger partial charge on any atom is -0.406 e. The molecule has 1 aliphatic rings. The summed E-state index contributed by atoms with van der Waals surface area (Å²) in [5.74, 6) is 0.716. The van der Waals surface area contributed by atoms with Crippen LogP contribution in [0.3, 0.4) is 0 Å². The highest BCUT2D eigenvalue weighted by atomic mass is 19.4. The number of alkyl halides is 3. The topological polar surface area (TPSA) is 59.3 Å². The van der Waals surface area contributed by atoms with Crippen LogP contribution in [0.2, 0.25) is 0 Å². The van der Waals surface area contributed by atoms with Crippen molar-refractivity contribution in [2.75, 3.05) is 25.0 Å². The normalized spacial score (nSPS) is 15.2. The third-order valence-electron chi connectivity index (χ3n) is 6.51. The molecule has 0 amide bonds. The van der Waals surface area contributed by atoms with E-state index in [0.717, 1.165) is 59.8 Å². The summed E-state index contributed by atoms with van der Waals surface area (Å²) in [5, 5.41) is 13.3. The van der Waals surface area contributed by atoms with Crippen LogP contribution in [0.25, 0.3) is 11.4 Å². The summed E-state index contributed by atoms with van der Waals surface area (Å²) in [6.07, 6.45) is -1.08. The molecule has 34 heavy (non-hydrogen) atoms. The lowest BCUT2D eigenvalue weighted by Gasteiger charge is -2.37. The minimum absolute atomic E-state index is 0.188. The zero-order valence-electron chi connectivity index (χ0n) is 19.8. The van der Waals surface area contributed by atoms with Crippen LogP contribution < -0.4 is 9.64 Å². The Labute approximate surface area is 197 Å². The summed E-state index contributed by atoms with van der Waals surface area (Å²) >= 11 is 0. The van der Waals surface area contributed by atoms with Gasteiger partial charge in [0.15, 0.2) is 5.82 Å². The molecule has 182 valence electrons. The van der Waals surface area contributed by atoms with E-state index in [0.29, 0.717) is 12.6 Å². The monoisotopic (exact) mass is 474 g/mol. The number of aromatic nitrogens is 4. The summed E-state index contributed by atoms with van der Waals surface area (Å²) in [6, 6.07) is 8.44. The van der Waals surface area contributed by atoms with Crippen molar-refractivity contribution in [3.63, 3.8) is 0 Å². The zero-order chi connectivity index (χ0) is 24.5. The second-order valence-electron chi connectivity index (χ2n) is 8.79. The van der Waals surface area contributed by atoms with Gasteiger partial charge in [0.1, 0.15) is 11.4 Å². The molecule has 0 spiro atoms. The molecule has 1 aromatic carbocycles. The SMILES string of the molecule is Cc1c(-c2ccnn2C)nnc(N2CCC(N(C)Cc3cccc(OC(F)(F)F)c3)CC2)c1C. The van der Waals surface area contributed by atoms with Crippen molar-refractivity contribution in [1.29, 1.82) is 0 Å². The second-order valence-corrected chi connectivity index (χ2v) is 8.79. The van der Waals surface area contributed by atoms with E-state index < -0.39 is 6.36 Å². The van der Waals surface area contributed by atoms with Crippen LogP contribution in [-0.4, -0.2) is 57.4 Å². The second kappa shape index (κ2) is 9.61. The van der Waals surface area contributed by atoms with Crippen molar-refractivity contribution in [1.82, 2.24) is 24.9 Å². The fraction of sp³-hybridized carbons (Fsp3) is 0.458. The minimum atomic E-state index is -4.69. The van der Waals surface area contributed by atoms with Crippen LogP contribution in [0.15, 0.2) is 36.5 Å². The number of hydrogen-bond donors (Lipinski definition) is 0. The van der Waals surface area contributed by atoms with E-state index in [1.54, 1.807) is 16.9 Å². The van der Waals surface area contributed by atoms with Crippen LogP contribution in [-0.2, 0) is 13.6 Å². The van der Waals surface area contributed by atoms with Gasteiger partial charge in [-0.3, -0.25) is 9.58 Å². The summed E-state index contributed by atoms with van der Waals surface area (Å²) in [6.45, 7) is 6.37. The highest BCUT2D eigenvalue weighted by molar-refractivity contribution is 5.64. The Kier molecular flexibility index (Phi) is 6.79. The molecule has 2 aromatic heterocycles. The van der Waals surface area contributed by atoms with Gasteiger partial charge in [-0.15, -0.1) is 23.4 Å². The van der Waals surface area contributed by atoms with Crippen molar-refractivity contribution >= 4 is 5.82 Å². The number of aryl methyl sites for hydroxylation is 1. The van der Waals surface area contributed by atoms with Gasteiger partial charge in [0, 0.05) is 38.9 Å². The number of anilines is 1. The molecule has 0 bridgehead atoms. The fourth-order valence-electron chi connectivity index (χ4n) is 4.52. The first kappa shape index (κ1) is 24.0. The van der Waals surface area contributed by atoms with Crippen molar-refractivity contribution in [3.8, 4) is 17.1 Å². The Morgan fingerprint density at radius 1 is 1.09 bits per heavy atom. The van der Waals surface area contributed by atoms with E-state index in [-0.39, 0.29) is 5.75 Å². The Hall–Kier alpha value is -3.14. The number of benzene rings is 1. The maximum absolute atomic E-state index is 12.5. The van der Waals surface area contributed by atoms with Gasteiger partial charge in [-0.2, -0.15) is 5.10 Å². The average Bonchev–Trinajstić information content (AvgIpc) is 3.20. The third-order valence-corrected chi connectivity index (χ3v) is 6.51. The first-order chi connectivity index (χ1) is 16.1. The maximum atomic E-state index is 12.5. The number of nitrogens with zero attached hydrogens (tertiary/aromatic N) is 6. The van der Waals surface area contributed by atoms with Gasteiger partial charge in [-0.25, -0.2) is 0 Å².